The molecule has 1 amide bonds. The second-order valence-electron chi connectivity index (χ2n) is 6.26. The van der Waals surface area contributed by atoms with Crippen molar-refractivity contribution >= 4 is 39.1 Å². The fourth-order valence-electron chi connectivity index (χ4n) is 2.48. The van der Waals surface area contributed by atoms with Crippen LogP contribution >= 0.6 is 23.2 Å². The topological polar surface area (TPSA) is 66.5 Å². The molecular weight excluding hydrogens is 395 g/mol. The van der Waals surface area contributed by atoms with E-state index in [0.29, 0.717) is 11.6 Å². The maximum absolute atomic E-state index is 12.8. The lowest BCUT2D eigenvalue weighted by molar-refractivity contribution is 0.0951. The molecule has 8 heteroatoms. The van der Waals surface area contributed by atoms with Gasteiger partial charge >= 0.3 is 0 Å². The molecule has 5 nitrogen and oxygen atoms in total. The second kappa shape index (κ2) is 7.56. The number of carbonyl (C=O) groups excluding carboxylic acids is 1. The summed E-state index contributed by atoms with van der Waals surface area (Å²) in [6.45, 7) is 0.133. The summed E-state index contributed by atoms with van der Waals surface area (Å²) in [6, 6.07) is 11.7. The van der Waals surface area contributed by atoms with E-state index >= 15 is 0 Å². The van der Waals surface area contributed by atoms with Crippen molar-refractivity contribution in [3.63, 3.8) is 0 Å². The van der Waals surface area contributed by atoms with Crippen LogP contribution in [0.25, 0.3) is 0 Å². The molecule has 1 aliphatic rings. The molecular formula is C18H18Cl2N2O3S. The maximum Gasteiger partial charge on any atom is 0.251 e. The van der Waals surface area contributed by atoms with Gasteiger partial charge < -0.3 is 5.32 Å². The zero-order valence-corrected chi connectivity index (χ0v) is 16.4. The third kappa shape index (κ3) is 4.20. The smallest absolute Gasteiger partial charge is 0.251 e. The Hall–Kier alpha value is -1.60. The molecule has 0 heterocycles. The molecule has 0 aromatic heterocycles. The van der Waals surface area contributed by atoms with Crippen molar-refractivity contribution < 1.29 is 13.2 Å². The van der Waals surface area contributed by atoms with Gasteiger partial charge in [-0.25, -0.2) is 8.42 Å². The largest absolute Gasteiger partial charge is 0.349 e. The Morgan fingerprint density at radius 3 is 2.23 bits per heavy atom. The minimum absolute atomic E-state index is 0.0800. The standard InChI is InChI=1S/C18H18Cl2N2O3S/c1-22(26(24,25)17-15(19)3-2-4-16(17)20)11-12-5-7-13(8-6-12)18(23)21-14-9-10-14/h2-8,14H,9-11H2,1H3,(H,21,23). The minimum atomic E-state index is -3.84. The van der Waals surface area contributed by atoms with Crippen molar-refractivity contribution in [3.8, 4) is 0 Å². The lowest BCUT2D eigenvalue weighted by Gasteiger charge is -2.19. The summed E-state index contributed by atoms with van der Waals surface area (Å²) < 4.78 is 26.7. The first-order chi connectivity index (χ1) is 12.3. The van der Waals surface area contributed by atoms with Crippen LogP contribution in [0.5, 0.6) is 0 Å². The highest BCUT2D eigenvalue weighted by molar-refractivity contribution is 7.89. The zero-order valence-electron chi connectivity index (χ0n) is 14.1. The van der Waals surface area contributed by atoms with Gasteiger partial charge in [0.2, 0.25) is 10.0 Å². The number of nitrogens with one attached hydrogen (secondary N) is 1. The monoisotopic (exact) mass is 412 g/mol. The molecule has 1 fully saturated rings. The Kier molecular flexibility index (Phi) is 5.58. The summed E-state index contributed by atoms with van der Waals surface area (Å²) in [4.78, 5) is 11.9. The number of amides is 1. The molecule has 2 aromatic carbocycles. The molecule has 1 N–H and O–H groups in total. The number of sulfonamides is 1. The van der Waals surface area contributed by atoms with Gasteiger partial charge in [-0.3, -0.25) is 4.79 Å². The number of hydrogen-bond acceptors (Lipinski definition) is 3. The number of benzene rings is 2. The van der Waals surface area contributed by atoms with Gasteiger partial charge in [-0.1, -0.05) is 41.4 Å². The summed E-state index contributed by atoms with van der Waals surface area (Å²) in [5.74, 6) is -0.108. The molecule has 3 rings (SSSR count). The van der Waals surface area contributed by atoms with Crippen molar-refractivity contribution in [2.75, 3.05) is 7.05 Å². The number of rotatable bonds is 6. The molecule has 0 bridgehead atoms. The van der Waals surface area contributed by atoms with E-state index in [0.717, 1.165) is 18.4 Å². The van der Waals surface area contributed by atoms with E-state index in [1.54, 1.807) is 30.3 Å². The van der Waals surface area contributed by atoms with Crippen LogP contribution < -0.4 is 5.32 Å². The second-order valence-corrected chi connectivity index (χ2v) is 9.05. The lowest BCUT2D eigenvalue weighted by atomic mass is 10.1. The van der Waals surface area contributed by atoms with Crippen molar-refractivity contribution in [3.05, 3.63) is 63.6 Å². The Morgan fingerprint density at radius 1 is 1.12 bits per heavy atom. The third-order valence-electron chi connectivity index (χ3n) is 4.12. The SMILES string of the molecule is CN(Cc1ccc(C(=O)NC2CC2)cc1)S(=O)(=O)c1c(Cl)cccc1Cl. The maximum atomic E-state index is 12.8. The quantitative estimate of drug-likeness (QED) is 0.785. The predicted molar refractivity (Wildman–Crippen MR) is 102 cm³/mol. The summed E-state index contributed by atoms with van der Waals surface area (Å²) >= 11 is 12.1. The van der Waals surface area contributed by atoms with Gasteiger partial charge in [-0.05, 0) is 42.7 Å². The van der Waals surface area contributed by atoms with Gasteiger partial charge in [0.05, 0.1) is 10.0 Å². The molecule has 1 saturated carbocycles. The lowest BCUT2D eigenvalue weighted by Crippen LogP contribution is -2.27. The molecule has 0 aliphatic heterocycles. The molecule has 1 aliphatic carbocycles. The molecule has 0 saturated heterocycles. The Balaban J connectivity index is 1.74. The fourth-order valence-corrected chi connectivity index (χ4v) is 4.73. The average Bonchev–Trinajstić information content (AvgIpc) is 3.39. The van der Waals surface area contributed by atoms with Crippen molar-refractivity contribution in [1.82, 2.24) is 9.62 Å². The summed E-state index contributed by atoms with van der Waals surface area (Å²) in [5, 5.41) is 3.07. The van der Waals surface area contributed by atoms with Crippen LogP contribution in [0.4, 0.5) is 0 Å². The highest BCUT2D eigenvalue weighted by Crippen LogP contribution is 2.31. The van der Waals surface area contributed by atoms with E-state index in [1.165, 1.54) is 23.5 Å². The first-order valence-electron chi connectivity index (χ1n) is 8.09. The summed E-state index contributed by atoms with van der Waals surface area (Å²) in [7, 11) is -2.38. The normalized spacial score (nSPS) is 14.5. The van der Waals surface area contributed by atoms with Gasteiger partial charge in [0.15, 0.2) is 0 Å². The van der Waals surface area contributed by atoms with Gasteiger partial charge in [-0.15, -0.1) is 0 Å². The summed E-state index contributed by atoms with van der Waals surface area (Å²) in [6.07, 6.45) is 2.05. The number of hydrogen-bond donors (Lipinski definition) is 1. The van der Waals surface area contributed by atoms with E-state index in [1.807, 2.05) is 0 Å². The van der Waals surface area contributed by atoms with E-state index in [-0.39, 0.29) is 27.4 Å². The highest BCUT2D eigenvalue weighted by Gasteiger charge is 2.27. The van der Waals surface area contributed by atoms with Crippen LogP contribution in [0.3, 0.4) is 0 Å². The number of nitrogens with zero attached hydrogens (tertiary/aromatic N) is 1. The van der Waals surface area contributed by atoms with E-state index in [2.05, 4.69) is 5.32 Å². The van der Waals surface area contributed by atoms with Gasteiger partial charge in [0.25, 0.3) is 5.91 Å². The predicted octanol–water partition coefficient (Wildman–Crippen LogP) is 3.71. The van der Waals surface area contributed by atoms with Crippen LogP contribution in [-0.2, 0) is 16.6 Å². The highest BCUT2D eigenvalue weighted by atomic mass is 35.5. The van der Waals surface area contributed by atoms with E-state index in [9.17, 15) is 13.2 Å². The first kappa shape index (κ1) is 19.2. The molecule has 138 valence electrons. The van der Waals surface area contributed by atoms with Gasteiger partial charge in [-0.2, -0.15) is 4.31 Å². The van der Waals surface area contributed by atoms with E-state index < -0.39 is 10.0 Å². The fraction of sp³-hybridized carbons (Fsp3) is 0.278. The molecule has 0 spiro atoms. The van der Waals surface area contributed by atoms with Crippen LogP contribution in [0.15, 0.2) is 47.4 Å². The van der Waals surface area contributed by atoms with Crippen LogP contribution in [0, 0.1) is 0 Å². The average molecular weight is 413 g/mol. The van der Waals surface area contributed by atoms with Crippen molar-refractivity contribution in [1.29, 1.82) is 0 Å². The van der Waals surface area contributed by atoms with Crippen LogP contribution in [0.1, 0.15) is 28.8 Å². The van der Waals surface area contributed by atoms with Crippen LogP contribution in [-0.4, -0.2) is 31.7 Å². The Labute approximate surface area is 163 Å². The van der Waals surface area contributed by atoms with E-state index in [4.69, 9.17) is 23.2 Å². The number of halogens is 2. The summed E-state index contributed by atoms with van der Waals surface area (Å²) in [5.41, 5.74) is 1.31. The van der Waals surface area contributed by atoms with Crippen molar-refractivity contribution in [2.24, 2.45) is 0 Å². The number of carbonyl (C=O) groups is 1. The first-order valence-corrected chi connectivity index (χ1v) is 10.3. The molecule has 26 heavy (non-hydrogen) atoms. The van der Waals surface area contributed by atoms with Crippen molar-refractivity contribution in [2.45, 2.75) is 30.3 Å². The van der Waals surface area contributed by atoms with Gasteiger partial charge in [0.1, 0.15) is 4.90 Å². The third-order valence-corrected chi connectivity index (χ3v) is 6.88. The molecule has 0 atom stereocenters. The molecule has 2 aromatic rings. The molecule has 0 radical (unpaired) electrons. The zero-order chi connectivity index (χ0) is 18.9. The van der Waals surface area contributed by atoms with Crippen LogP contribution in [0.2, 0.25) is 10.0 Å². The molecule has 0 unspecified atom stereocenters. The van der Waals surface area contributed by atoms with Gasteiger partial charge in [0, 0.05) is 25.2 Å². The Morgan fingerprint density at radius 2 is 1.69 bits per heavy atom. The minimum Gasteiger partial charge on any atom is -0.349 e. The Bertz CT molecular complexity index is 906.